The molecule has 2 amide bonds. The number of carbonyl (C=O) groups is 2. The molecular weight excluding hydrogens is 510 g/mol. The number of hydrogen-bond donors (Lipinski definition) is 2. The molecule has 1 unspecified atom stereocenters. The number of carbonyl (C=O) groups excluding carboxylic acids is 2. The summed E-state index contributed by atoms with van der Waals surface area (Å²) < 4.78 is 0. The molecule has 1 saturated heterocycles. The number of piperazine rings is 1. The molecular formula is C27H28ClN5O3S. The normalized spacial score (nSPS) is 18.9. The second kappa shape index (κ2) is 11.1. The predicted octanol–water partition coefficient (Wildman–Crippen LogP) is 2.98. The van der Waals surface area contributed by atoms with Gasteiger partial charge < -0.3 is 20.2 Å². The van der Waals surface area contributed by atoms with Gasteiger partial charge in [0.25, 0.3) is 11.8 Å². The van der Waals surface area contributed by atoms with Crippen LogP contribution in [0.5, 0.6) is 0 Å². The predicted molar refractivity (Wildman–Crippen MR) is 148 cm³/mol. The molecule has 0 saturated carbocycles. The molecule has 0 bridgehead atoms. The summed E-state index contributed by atoms with van der Waals surface area (Å²) in [7, 11) is 0. The smallest absolute Gasteiger partial charge is 0.256 e. The average Bonchev–Trinajstić information content (AvgIpc) is 3.22. The first kappa shape index (κ1) is 25.5. The highest BCUT2D eigenvalue weighted by atomic mass is 35.5. The molecule has 37 heavy (non-hydrogen) atoms. The molecule has 192 valence electrons. The van der Waals surface area contributed by atoms with Gasteiger partial charge in [-0.3, -0.25) is 19.5 Å². The van der Waals surface area contributed by atoms with Gasteiger partial charge in [0, 0.05) is 97.0 Å². The monoisotopic (exact) mass is 537 g/mol. The van der Waals surface area contributed by atoms with Crippen molar-refractivity contribution in [2.75, 3.05) is 49.5 Å². The van der Waals surface area contributed by atoms with Gasteiger partial charge in [-0.25, -0.2) is 0 Å². The summed E-state index contributed by atoms with van der Waals surface area (Å²) >= 11 is 11.4. The molecule has 1 aromatic heterocycles. The van der Waals surface area contributed by atoms with Crippen molar-refractivity contribution < 1.29 is 14.7 Å². The SMILES string of the molecule is O=C(Nc1cccc2c1CN(CC(O)CN1CCN(c3ccncc3)CC1)C2=O)C1=CC(Cl)=CCC1=S. The van der Waals surface area contributed by atoms with Gasteiger partial charge in [-0.2, -0.15) is 0 Å². The zero-order valence-electron chi connectivity index (χ0n) is 20.3. The minimum absolute atomic E-state index is 0.147. The highest BCUT2D eigenvalue weighted by molar-refractivity contribution is 7.81. The Hall–Kier alpha value is -3.11. The Kier molecular flexibility index (Phi) is 7.66. The lowest BCUT2D eigenvalue weighted by atomic mass is 10.0. The second-order valence-electron chi connectivity index (χ2n) is 9.39. The number of fused-ring (bicyclic) bond motifs is 1. The van der Waals surface area contributed by atoms with Gasteiger partial charge in [-0.05, 0) is 30.3 Å². The third-order valence-electron chi connectivity index (χ3n) is 6.90. The Labute approximate surface area is 226 Å². The number of hydrogen-bond acceptors (Lipinski definition) is 7. The molecule has 2 aromatic rings. The fourth-order valence-electron chi connectivity index (χ4n) is 4.97. The molecule has 2 N–H and O–H groups in total. The maximum atomic E-state index is 13.1. The number of benzene rings is 1. The standard InChI is InChI=1S/C27H28ClN5O3S/c28-18-4-5-25(37)22(14-18)26(35)30-24-3-1-2-21-23(24)17-33(27(21)36)16-20(34)15-31-10-12-32(13-11-31)19-6-8-29-9-7-19/h1-4,6-9,14,20,34H,5,10-13,15-17H2,(H,30,35). The Morgan fingerprint density at radius 1 is 1.14 bits per heavy atom. The number of nitrogens with one attached hydrogen (secondary N) is 1. The van der Waals surface area contributed by atoms with Crippen molar-refractivity contribution in [3.63, 3.8) is 0 Å². The van der Waals surface area contributed by atoms with Crippen molar-refractivity contribution in [2.45, 2.75) is 19.1 Å². The molecule has 1 fully saturated rings. The Morgan fingerprint density at radius 3 is 2.65 bits per heavy atom. The lowest BCUT2D eigenvalue weighted by Gasteiger charge is -2.37. The van der Waals surface area contributed by atoms with Crippen molar-refractivity contribution in [3.05, 3.63) is 76.6 Å². The lowest BCUT2D eigenvalue weighted by molar-refractivity contribution is -0.112. The van der Waals surface area contributed by atoms with Crippen LogP contribution in [0, 0.1) is 0 Å². The van der Waals surface area contributed by atoms with Crippen LogP contribution in [0.3, 0.4) is 0 Å². The van der Waals surface area contributed by atoms with Gasteiger partial charge in [0.15, 0.2) is 0 Å². The van der Waals surface area contributed by atoms with Gasteiger partial charge in [0.2, 0.25) is 0 Å². The number of aromatic nitrogens is 1. The number of allylic oxidation sites excluding steroid dienone is 3. The molecule has 0 spiro atoms. The third kappa shape index (κ3) is 5.75. The van der Waals surface area contributed by atoms with Crippen molar-refractivity contribution in [2.24, 2.45) is 0 Å². The van der Waals surface area contributed by atoms with Crippen LogP contribution in [0.15, 0.2) is 65.5 Å². The van der Waals surface area contributed by atoms with E-state index >= 15 is 0 Å². The summed E-state index contributed by atoms with van der Waals surface area (Å²) in [6.07, 6.45) is 6.69. The number of thiocarbonyl (C=S) groups is 1. The molecule has 2 aliphatic heterocycles. The molecule has 8 nitrogen and oxygen atoms in total. The number of amides is 2. The van der Waals surface area contributed by atoms with Crippen molar-refractivity contribution >= 4 is 51.9 Å². The maximum Gasteiger partial charge on any atom is 0.256 e. The topological polar surface area (TPSA) is 89.0 Å². The molecule has 1 aromatic carbocycles. The van der Waals surface area contributed by atoms with Gasteiger partial charge in [0.1, 0.15) is 0 Å². The number of anilines is 2. The molecule has 1 aliphatic carbocycles. The van der Waals surface area contributed by atoms with Crippen molar-refractivity contribution in [1.82, 2.24) is 14.8 Å². The molecule has 5 rings (SSSR count). The molecule has 3 heterocycles. The van der Waals surface area contributed by atoms with Crippen LogP contribution in [0.2, 0.25) is 0 Å². The number of aliphatic hydroxyl groups is 1. The van der Waals surface area contributed by atoms with E-state index in [2.05, 4.69) is 20.1 Å². The van der Waals surface area contributed by atoms with Gasteiger partial charge in [0.05, 0.1) is 11.7 Å². The summed E-state index contributed by atoms with van der Waals surface area (Å²) in [5.41, 5.74) is 3.35. The zero-order valence-corrected chi connectivity index (χ0v) is 21.8. The van der Waals surface area contributed by atoms with Crippen LogP contribution < -0.4 is 10.2 Å². The van der Waals surface area contributed by atoms with E-state index in [1.807, 2.05) is 12.1 Å². The average molecular weight is 538 g/mol. The van der Waals surface area contributed by atoms with Crippen LogP contribution in [0.25, 0.3) is 0 Å². The van der Waals surface area contributed by atoms with E-state index in [0.717, 1.165) is 37.4 Å². The minimum Gasteiger partial charge on any atom is -0.390 e. The summed E-state index contributed by atoms with van der Waals surface area (Å²) in [5.74, 6) is -0.493. The lowest BCUT2D eigenvalue weighted by Crippen LogP contribution is -2.50. The highest BCUT2D eigenvalue weighted by Gasteiger charge is 2.32. The summed E-state index contributed by atoms with van der Waals surface area (Å²) in [6, 6.07) is 9.28. The van der Waals surface area contributed by atoms with Crippen LogP contribution >= 0.6 is 23.8 Å². The fourth-order valence-corrected chi connectivity index (χ4v) is 5.39. The number of halogens is 1. The van der Waals surface area contributed by atoms with Gasteiger partial charge in [-0.15, -0.1) is 0 Å². The summed E-state index contributed by atoms with van der Waals surface area (Å²) in [5, 5.41) is 14.2. The van der Waals surface area contributed by atoms with E-state index in [0.29, 0.717) is 46.2 Å². The summed E-state index contributed by atoms with van der Waals surface area (Å²) in [4.78, 5) is 36.7. The zero-order chi connectivity index (χ0) is 25.9. The number of aliphatic hydroxyl groups excluding tert-OH is 1. The van der Waals surface area contributed by atoms with Crippen LogP contribution in [0.1, 0.15) is 22.3 Å². The van der Waals surface area contributed by atoms with E-state index in [-0.39, 0.29) is 18.4 Å². The maximum absolute atomic E-state index is 13.1. The first-order chi connectivity index (χ1) is 17.9. The number of nitrogens with zero attached hydrogens (tertiary/aromatic N) is 4. The first-order valence-electron chi connectivity index (χ1n) is 12.3. The Morgan fingerprint density at radius 2 is 1.89 bits per heavy atom. The minimum atomic E-state index is -0.678. The van der Waals surface area contributed by atoms with Gasteiger partial charge in [-0.1, -0.05) is 36.0 Å². The van der Waals surface area contributed by atoms with E-state index in [1.165, 1.54) is 0 Å². The van der Waals surface area contributed by atoms with Crippen LogP contribution in [-0.2, 0) is 11.3 Å². The number of β-amino-alcohol motifs (C(OH)–C–C–N with tert-alkyl or cyclic N) is 1. The van der Waals surface area contributed by atoms with E-state index in [4.69, 9.17) is 23.8 Å². The van der Waals surface area contributed by atoms with E-state index in [9.17, 15) is 14.7 Å². The third-order valence-corrected chi connectivity index (χ3v) is 7.55. The van der Waals surface area contributed by atoms with Crippen molar-refractivity contribution in [3.8, 4) is 0 Å². The molecule has 3 aliphatic rings. The molecule has 0 radical (unpaired) electrons. The molecule has 10 heteroatoms. The van der Waals surface area contributed by atoms with Gasteiger partial charge >= 0.3 is 0 Å². The summed E-state index contributed by atoms with van der Waals surface area (Å²) in [6.45, 7) is 4.45. The second-order valence-corrected chi connectivity index (χ2v) is 10.3. The quantitative estimate of drug-likeness (QED) is 0.525. The van der Waals surface area contributed by atoms with Crippen LogP contribution in [0.4, 0.5) is 11.4 Å². The van der Waals surface area contributed by atoms with E-state index in [1.54, 1.807) is 47.6 Å². The Balaban J connectivity index is 1.17. The molecule has 1 atom stereocenters. The highest BCUT2D eigenvalue weighted by Crippen LogP contribution is 2.30. The largest absolute Gasteiger partial charge is 0.390 e. The fraction of sp³-hybridized carbons (Fsp3) is 0.333. The van der Waals surface area contributed by atoms with Crippen molar-refractivity contribution in [1.29, 1.82) is 0 Å². The Bertz CT molecular complexity index is 1270. The van der Waals surface area contributed by atoms with E-state index < -0.39 is 6.10 Å². The number of pyridine rings is 1. The van der Waals surface area contributed by atoms with Crippen LogP contribution in [-0.4, -0.2) is 81.9 Å². The number of rotatable bonds is 7. The first-order valence-corrected chi connectivity index (χ1v) is 13.1.